The van der Waals surface area contributed by atoms with E-state index in [0.717, 1.165) is 19.3 Å². The van der Waals surface area contributed by atoms with Crippen molar-refractivity contribution in [2.45, 2.75) is 102 Å². The van der Waals surface area contributed by atoms with Gasteiger partial charge in [-0.15, -0.1) is 0 Å². The molecule has 0 heterocycles. The number of hydrogen-bond donors (Lipinski definition) is 2. The van der Waals surface area contributed by atoms with E-state index in [9.17, 15) is 4.79 Å². The van der Waals surface area contributed by atoms with Gasteiger partial charge >= 0.3 is 33.4 Å². The van der Waals surface area contributed by atoms with E-state index in [1.807, 2.05) is 0 Å². The number of rotatable bonds is 17. The van der Waals surface area contributed by atoms with Crippen LogP contribution in [0.25, 0.3) is 0 Å². The molecule has 147 valence electrons. The summed E-state index contributed by atoms with van der Waals surface area (Å²) in [4.78, 5) is 13.1. The fourth-order valence-electron chi connectivity index (χ4n) is 2.83. The Morgan fingerprint density at radius 2 is 1.36 bits per heavy atom. The number of hydrogen-bond acceptors (Lipinski definition) is 2. The first kappa shape index (κ1) is 27.6. The molecule has 0 amide bonds. The molecule has 0 bridgehead atoms. The van der Waals surface area contributed by atoms with E-state index in [-0.39, 0.29) is 5.92 Å². The summed E-state index contributed by atoms with van der Waals surface area (Å²) < 4.78 is 0. The van der Waals surface area contributed by atoms with Crippen molar-refractivity contribution in [2.24, 2.45) is 5.92 Å². The summed E-state index contributed by atoms with van der Waals surface area (Å²) in [6.45, 7) is 2.26. The molecule has 0 spiro atoms. The Balaban J connectivity index is 0. The Hall–Kier alpha value is 0.359. The number of carboxylic acids is 1. The molecule has 1 atom stereocenters. The molecule has 0 aliphatic carbocycles. The van der Waals surface area contributed by atoms with Crippen molar-refractivity contribution in [3.63, 3.8) is 0 Å². The molecule has 25 heavy (non-hydrogen) atoms. The van der Waals surface area contributed by atoms with Crippen LogP contribution in [0.2, 0.25) is 4.94 Å². The zero-order valence-corrected chi connectivity index (χ0v) is 20.4. The van der Waals surface area contributed by atoms with Crippen molar-refractivity contribution in [1.82, 2.24) is 0 Å². The second kappa shape index (κ2) is 24.4. The maximum absolute atomic E-state index is 11.0. The number of unbranched alkanes of at least 4 members (excludes halogenated alkanes) is 10. The molecule has 0 aromatic rings. The fraction of sp³-hybridized carbons (Fsp3) is 0.857. The number of carbonyl (C=O) groups is 1. The van der Waals surface area contributed by atoms with Crippen LogP contribution in [0.15, 0.2) is 12.2 Å². The van der Waals surface area contributed by atoms with Gasteiger partial charge in [0.1, 0.15) is 0 Å². The van der Waals surface area contributed by atoms with Crippen LogP contribution < -0.4 is 0 Å². The van der Waals surface area contributed by atoms with E-state index in [1.165, 1.54) is 64.2 Å². The van der Waals surface area contributed by atoms with Gasteiger partial charge in [0.05, 0.1) is 5.92 Å². The van der Waals surface area contributed by atoms with Crippen LogP contribution in [0.1, 0.15) is 96.8 Å². The molecule has 2 nitrogen and oxygen atoms in total. The van der Waals surface area contributed by atoms with Gasteiger partial charge in [-0.05, 0) is 44.3 Å². The molecule has 0 aliphatic heterocycles. The quantitative estimate of drug-likeness (QED) is 0.104. The molecule has 0 aliphatic rings. The molecule has 4 heteroatoms. The Kier molecular flexibility index (Phi) is 26.9. The summed E-state index contributed by atoms with van der Waals surface area (Å²) in [5.41, 5.74) is 0. The molecule has 0 saturated heterocycles. The first-order valence-electron chi connectivity index (χ1n) is 10.2. The number of carboxylic acid groups (broad SMARTS) is 1. The summed E-state index contributed by atoms with van der Waals surface area (Å²) in [5, 5.41) is 9.07. The van der Waals surface area contributed by atoms with Crippen molar-refractivity contribution in [1.29, 1.82) is 0 Å². The zero-order chi connectivity index (χ0) is 19.2. The monoisotopic (exact) mass is 477 g/mol. The fourth-order valence-corrected chi connectivity index (χ4v) is 3.14. The third-order valence-corrected chi connectivity index (χ3v) is 4.65. The van der Waals surface area contributed by atoms with Gasteiger partial charge in [0, 0.05) is 0 Å². The minimum atomic E-state index is -0.656. The Morgan fingerprint density at radius 3 is 1.84 bits per heavy atom. The van der Waals surface area contributed by atoms with E-state index in [1.54, 1.807) is 22.5 Å². The van der Waals surface area contributed by atoms with Gasteiger partial charge in [0.25, 0.3) is 0 Å². The normalized spacial score (nSPS) is 12.0. The van der Waals surface area contributed by atoms with Crippen molar-refractivity contribution in [3.05, 3.63) is 12.2 Å². The van der Waals surface area contributed by atoms with E-state index in [4.69, 9.17) is 5.11 Å². The van der Waals surface area contributed by atoms with E-state index in [0.29, 0.717) is 12.2 Å². The predicted molar refractivity (Wildman–Crippen MR) is 116 cm³/mol. The van der Waals surface area contributed by atoms with Crippen LogP contribution in [-0.2, 0) is 4.79 Å². The van der Waals surface area contributed by atoms with Gasteiger partial charge in [-0.25, -0.2) is 0 Å². The van der Waals surface area contributed by atoms with Gasteiger partial charge in [0.15, 0.2) is 0 Å². The molecular formula is C21H41O2SSn. The van der Waals surface area contributed by atoms with Crippen LogP contribution in [0.4, 0.5) is 0 Å². The Labute approximate surface area is 176 Å². The van der Waals surface area contributed by atoms with Crippen molar-refractivity contribution < 1.29 is 9.90 Å². The molecule has 0 aromatic heterocycles. The molecule has 0 aromatic carbocycles. The number of allylic oxidation sites excluding steroid dienone is 2. The molecule has 0 rings (SSSR count). The van der Waals surface area contributed by atoms with E-state index >= 15 is 0 Å². The molecule has 0 fully saturated rings. The summed E-state index contributed by atoms with van der Waals surface area (Å²) in [5.74, 6) is -0.179. The molecule has 3 radical (unpaired) electrons. The standard InChI is InChI=1S/C20H38O2S.CH3.Sn/c1-2-3-4-5-6-7-8-9-10-11-12-13-14-15-16-19(17-18-23)20(21)22;;/h9-10,19,23H,2-8,11-18H2,1H3,(H,21,22);1H3;/b10-9-;;. The third-order valence-electron chi connectivity index (χ3n) is 4.39. The molecule has 1 N–H and O–H groups in total. The Bertz CT molecular complexity index is 296. The number of thiol groups is 1. The van der Waals surface area contributed by atoms with E-state index < -0.39 is 5.97 Å². The van der Waals surface area contributed by atoms with Gasteiger partial charge < -0.3 is 5.11 Å². The maximum atomic E-state index is 11.0. The topological polar surface area (TPSA) is 37.3 Å². The van der Waals surface area contributed by atoms with E-state index in [2.05, 4.69) is 36.6 Å². The van der Waals surface area contributed by atoms with Crippen LogP contribution in [-0.4, -0.2) is 39.4 Å². The molecular weight excluding hydrogens is 435 g/mol. The van der Waals surface area contributed by atoms with Gasteiger partial charge in [0.2, 0.25) is 0 Å². The summed E-state index contributed by atoms with van der Waals surface area (Å²) in [7, 11) is 0. The molecule has 0 saturated carbocycles. The third kappa shape index (κ3) is 22.3. The van der Waals surface area contributed by atoms with Crippen LogP contribution in [0.5, 0.6) is 0 Å². The van der Waals surface area contributed by atoms with Gasteiger partial charge in [-0.3, -0.25) is 4.79 Å². The van der Waals surface area contributed by atoms with Crippen LogP contribution >= 0.6 is 12.6 Å². The van der Waals surface area contributed by atoms with Crippen molar-refractivity contribution in [2.75, 3.05) is 5.75 Å². The SMILES string of the molecule is CCCCCCCC/C=C\CCCCCCC(CCS)C(=O)O.[CH3][Sn]. The second-order valence-corrected chi connectivity index (χ2v) is 7.01. The number of aliphatic carboxylic acids is 1. The first-order valence-corrected chi connectivity index (χ1v) is 13.7. The van der Waals surface area contributed by atoms with Crippen molar-refractivity contribution in [3.8, 4) is 0 Å². The van der Waals surface area contributed by atoms with Gasteiger partial charge in [-0.1, -0.05) is 70.4 Å². The summed E-state index contributed by atoms with van der Waals surface area (Å²) in [6.07, 6.45) is 21.4. The van der Waals surface area contributed by atoms with Crippen molar-refractivity contribution >= 4 is 41.1 Å². The average Bonchev–Trinajstić information content (AvgIpc) is 2.62. The zero-order valence-electron chi connectivity index (χ0n) is 16.6. The predicted octanol–water partition coefficient (Wildman–Crippen LogP) is 6.86. The first-order chi connectivity index (χ1) is 12.2. The summed E-state index contributed by atoms with van der Waals surface area (Å²) in [6, 6.07) is 0. The molecule has 1 unspecified atom stereocenters. The van der Waals surface area contributed by atoms with Crippen LogP contribution in [0, 0.1) is 5.92 Å². The van der Waals surface area contributed by atoms with Crippen LogP contribution in [0.3, 0.4) is 0 Å². The van der Waals surface area contributed by atoms with Gasteiger partial charge in [-0.2, -0.15) is 12.6 Å². The minimum absolute atomic E-state index is 0.190. The Morgan fingerprint density at radius 1 is 0.880 bits per heavy atom. The second-order valence-electron chi connectivity index (χ2n) is 6.57. The summed E-state index contributed by atoms with van der Waals surface area (Å²) >= 11 is 5.68. The average molecular weight is 476 g/mol.